The summed E-state index contributed by atoms with van der Waals surface area (Å²) in [7, 11) is 1.89. The molecule has 1 saturated heterocycles. The summed E-state index contributed by atoms with van der Waals surface area (Å²) in [5, 5.41) is 3.24. The van der Waals surface area contributed by atoms with Crippen molar-refractivity contribution in [2.75, 3.05) is 20.1 Å². The molecule has 4 heteroatoms. The lowest BCUT2D eigenvalue weighted by atomic mass is 10.1. The molecule has 1 N–H and O–H groups in total. The number of carbonyl (C=O) groups excluding carboxylic acids is 1. The summed E-state index contributed by atoms with van der Waals surface area (Å²) >= 11 is 3.48. The zero-order chi connectivity index (χ0) is 13.1. The number of aryl methyl sites for hydroxylation is 1. The van der Waals surface area contributed by atoms with Crippen molar-refractivity contribution in [2.24, 2.45) is 5.92 Å². The van der Waals surface area contributed by atoms with Gasteiger partial charge in [0.05, 0.1) is 5.92 Å². The van der Waals surface area contributed by atoms with Gasteiger partial charge in [-0.25, -0.2) is 0 Å². The van der Waals surface area contributed by atoms with Crippen LogP contribution in [0.25, 0.3) is 0 Å². The minimum Gasteiger partial charge on any atom is -0.341 e. The Bertz CT molecular complexity index is 441. The highest BCUT2D eigenvalue weighted by molar-refractivity contribution is 9.10. The van der Waals surface area contributed by atoms with Crippen LogP contribution in [0.15, 0.2) is 22.7 Å². The van der Waals surface area contributed by atoms with Crippen molar-refractivity contribution in [3.05, 3.63) is 33.8 Å². The molecule has 1 heterocycles. The van der Waals surface area contributed by atoms with E-state index < -0.39 is 0 Å². The molecule has 1 aliphatic rings. The topological polar surface area (TPSA) is 32.3 Å². The van der Waals surface area contributed by atoms with Crippen LogP contribution in [0, 0.1) is 12.8 Å². The Hall–Kier alpha value is -0.870. The molecular formula is C14H19BrN2O. The average Bonchev–Trinajstić information content (AvgIpc) is 2.86. The first-order valence-electron chi connectivity index (χ1n) is 6.28. The Morgan fingerprint density at radius 1 is 1.56 bits per heavy atom. The van der Waals surface area contributed by atoms with E-state index in [1.165, 1.54) is 11.1 Å². The summed E-state index contributed by atoms with van der Waals surface area (Å²) in [6.45, 7) is 4.54. The number of carbonyl (C=O) groups is 1. The van der Waals surface area contributed by atoms with Gasteiger partial charge in [-0.2, -0.15) is 0 Å². The number of rotatable bonds is 3. The van der Waals surface area contributed by atoms with Gasteiger partial charge in [-0.15, -0.1) is 0 Å². The SMILES string of the molecule is Cc1ccc(Br)cc1CN(C)C(=O)C1CCNC1. The lowest BCUT2D eigenvalue weighted by Gasteiger charge is -2.21. The number of benzene rings is 1. The van der Waals surface area contributed by atoms with Crippen LogP contribution in [0.2, 0.25) is 0 Å². The van der Waals surface area contributed by atoms with E-state index >= 15 is 0 Å². The molecule has 2 rings (SSSR count). The van der Waals surface area contributed by atoms with E-state index in [2.05, 4.69) is 40.3 Å². The minimum absolute atomic E-state index is 0.155. The summed E-state index contributed by atoms with van der Waals surface area (Å²) in [5.41, 5.74) is 2.42. The van der Waals surface area contributed by atoms with E-state index in [4.69, 9.17) is 0 Å². The number of amides is 1. The van der Waals surface area contributed by atoms with Gasteiger partial charge in [0, 0.05) is 24.6 Å². The molecule has 98 valence electrons. The van der Waals surface area contributed by atoms with Gasteiger partial charge >= 0.3 is 0 Å². The third-order valence-corrected chi connectivity index (χ3v) is 4.00. The summed E-state index contributed by atoms with van der Waals surface area (Å²) in [6.07, 6.45) is 0.959. The summed E-state index contributed by atoms with van der Waals surface area (Å²) < 4.78 is 1.06. The monoisotopic (exact) mass is 310 g/mol. The Kier molecular flexibility index (Phi) is 4.40. The molecule has 1 aromatic rings. The van der Waals surface area contributed by atoms with E-state index in [0.29, 0.717) is 6.54 Å². The van der Waals surface area contributed by atoms with Gasteiger partial charge in [0.25, 0.3) is 0 Å². The van der Waals surface area contributed by atoms with Crippen LogP contribution in [-0.2, 0) is 11.3 Å². The van der Waals surface area contributed by atoms with Gasteiger partial charge in [0.1, 0.15) is 0 Å². The molecule has 1 aromatic carbocycles. The molecule has 0 saturated carbocycles. The molecule has 0 radical (unpaired) electrons. The number of nitrogens with zero attached hydrogens (tertiary/aromatic N) is 1. The first kappa shape index (κ1) is 13.6. The van der Waals surface area contributed by atoms with Crippen LogP contribution in [0.4, 0.5) is 0 Å². The predicted octanol–water partition coefficient (Wildman–Crippen LogP) is 2.33. The van der Waals surface area contributed by atoms with Crippen molar-refractivity contribution in [3.8, 4) is 0 Å². The van der Waals surface area contributed by atoms with Crippen molar-refractivity contribution < 1.29 is 4.79 Å². The minimum atomic E-state index is 0.155. The molecule has 3 nitrogen and oxygen atoms in total. The van der Waals surface area contributed by atoms with Gasteiger partial charge in [-0.05, 0) is 43.1 Å². The molecular weight excluding hydrogens is 292 g/mol. The first-order chi connectivity index (χ1) is 8.58. The molecule has 18 heavy (non-hydrogen) atoms. The molecule has 1 amide bonds. The highest BCUT2D eigenvalue weighted by atomic mass is 79.9. The maximum absolute atomic E-state index is 12.2. The van der Waals surface area contributed by atoms with Crippen molar-refractivity contribution in [1.29, 1.82) is 0 Å². The second-order valence-corrected chi connectivity index (χ2v) is 5.87. The second kappa shape index (κ2) is 5.85. The van der Waals surface area contributed by atoms with Crippen molar-refractivity contribution in [3.63, 3.8) is 0 Å². The smallest absolute Gasteiger partial charge is 0.227 e. The van der Waals surface area contributed by atoms with Gasteiger partial charge in [0.15, 0.2) is 0 Å². The second-order valence-electron chi connectivity index (χ2n) is 4.95. The highest BCUT2D eigenvalue weighted by Gasteiger charge is 2.25. The Morgan fingerprint density at radius 2 is 2.33 bits per heavy atom. The quantitative estimate of drug-likeness (QED) is 0.929. The van der Waals surface area contributed by atoms with Crippen molar-refractivity contribution in [2.45, 2.75) is 19.9 Å². The Balaban J connectivity index is 2.03. The van der Waals surface area contributed by atoms with Gasteiger partial charge in [0.2, 0.25) is 5.91 Å². The van der Waals surface area contributed by atoms with Gasteiger partial charge < -0.3 is 10.2 Å². The number of hydrogen-bond acceptors (Lipinski definition) is 2. The van der Waals surface area contributed by atoms with Crippen LogP contribution in [0.5, 0.6) is 0 Å². The molecule has 1 unspecified atom stereocenters. The fraction of sp³-hybridized carbons (Fsp3) is 0.500. The highest BCUT2D eigenvalue weighted by Crippen LogP contribution is 2.19. The molecule has 0 aliphatic carbocycles. The normalized spacial score (nSPS) is 18.9. The third kappa shape index (κ3) is 3.12. The predicted molar refractivity (Wildman–Crippen MR) is 76.3 cm³/mol. The van der Waals surface area contributed by atoms with Crippen LogP contribution in [-0.4, -0.2) is 30.9 Å². The van der Waals surface area contributed by atoms with Crippen molar-refractivity contribution >= 4 is 21.8 Å². The van der Waals surface area contributed by atoms with Crippen molar-refractivity contribution in [1.82, 2.24) is 10.2 Å². The molecule has 0 bridgehead atoms. The summed E-state index contributed by atoms with van der Waals surface area (Å²) in [6, 6.07) is 6.20. The molecule has 1 atom stereocenters. The van der Waals surface area contributed by atoms with E-state index in [1.54, 1.807) is 0 Å². The first-order valence-corrected chi connectivity index (χ1v) is 7.08. The molecule has 1 fully saturated rings. The van der Waals surface area contributed by atoms with E-state index in [-0.39, 0.29) is 11.8 Å². The maximum atomic E-state index is 12.2. The molecule has 1 aliphatic heterocycles. The zero-order valence-corrected chi connectivity index (χ0v) is 12.5. The number of halogens is 1. The van der Waals surface area contributed by atoms with Crippen LogP contribution in [0.3, 0.4) is 0 Å². The van der Waals surface area contributed by atoms with E-state index in [0.717, 1.165) is 24.0 Å². The van der Waals surface area contributed by atoms with Crippen LogP contribution < -0.4 is 5.32 Å². The number of hydrogen-bond donors (Lipinski definition) is 1. The fourth-order valence-corrected chi connectivity index (χ4v) is 2.73. The van der Waals surface area contributed by atoms with Gasteiger partial charge in [-0.3, -0.25) is 4.79 Å². The van der Waals surface area contributed by atoms with E-state index in [9.17, 15) is 4.79 Å². The Morgan fingerprint density at radius 3 is 3.00 bits per heavy atom. The zero-order valence-electron chi connectivity index (χ0n) is 10.9. The lowest BCUT2D eigenvalue weighted by Crippen LogP contribution is -2.33. The number of nitrogens with one attached hydrogen (secondary N) is 1. The summed E-state index contributed by atoms with van der Waals surface area (Å²) in [4.78, 5) is 14.1. The fourth-order valence-electron chi connectivity index (χ4n) is 2.32. The average molecular weight is 311 g/mol. The summed E-state index contributed by atoms with van der Waals surface area (Å²) in [5.74, 6) is 0.404. The largest absolute Gasteiger partial charge is 0.341 e. The van der Waals surface area contributed by atoms with Crippen LogP contribution in [0.1, 0.15) is 17.5 Å². The standard InChI is InChI=1S/C14H19BrN2O/c1-10-3-4-13(15)7-12(10)9-17(2)14(18)11-5-6-16-8-11/h3-4,7,11,16H,5-6,8-9H2,1-2H3. The molecule has 0 aromatic heterocycles. The van der Waals surface area contributed by atoms with Crippen LogP contribution >= 0.6 is 15.9 Å². The molecule has 0 spiro atoms. The Labute approximate surface area is 117 Å². The lowest BCUT2D eigenvalue weighted by molar-refractivity contribution is -0.134. The van der Waals surface area contributed by atoms with E-state index in [1.807, 2.05) is 18.0 Å². The maximum Gasteiger partial charge on any atom is 0.227 e. The third-order valence-electron chi connectivity index (χ3n) is 3.50. The van der Waals surface area contributed by atoms with Gasteiger partial charge in [-0.1, -0.05) is 22.0 Å².